The molecule has 0 bridgehead atoms. The molecule has 2 heterocycles. The van der Waals surface area contributed by atoms with Crippen molar-refractivity contribution in [2.24, 2.45) is 0 Å². The second-order valence-corrected chi connectivity index (χ2v) is 8.14. The van der Waals surface area contributed by atoms with E-state index in [1.807, 2.05) is 42.5 Å². The monoisotopic (exact) mass is 425 g/mol. The Balaban J connectivity index is 1.75. The van der Waals surface area contributed by atoms with Gasteiger partial charge in [0, 0.05) is 25.4 Å². The van der Waals surface area contributed by atoms with E-state index in [0.29, 0.717) is 25.2 Å². The molecule has 0 radical (unpaired) electrons. The van der Waals surface area contributed by atoms with E-state index in [9.17, 15) is 4.39 Å². The van der Waals surface area contributed by atoms with E-state index >= 15 is 0 Å². The Hall–Kier alpha value is -2.86. The van der Waals surface area contributed by atoms with Crippen molar-refractivity contribution >= 4 is 17.0 Å². The van der Waals surface area contributed by atoms with E-state index in [-0.39, 0.29) is 11.7 Å². The van der Waals surface area contributed by atoms with Gasteiger partial charge in [0.05, 0.1) is 18.1 Å². The predicted octanol–water partition coefficient (Wildman–Crippen LogP) is 3.80. The summed E-state index contributed by atoms with van der Waals surface area (Å²) in [6.07, 6.45) is 5.11. The lowest BCUT2D eigenvalue weighted by molar-refractivity contribution is 0.103. The lowest BCUT2D eigenvalue weighted by atomic mass is 10.0. The number of nitrogens with one attached hydrogen (secondary N) is 3. The number of benzene rings is 1. The van der Waals surface area contributed by atoms with Gasteiger partial charge in [-0.05, 0) is 46.5 Å². The van der Waals surface area contributed by atoms with E-state index in [4.69, 9.17) is 14.8 Å². The highest BCUT2D eigenvalue weighted by Crippen LogP contribution is 2.27. The molecule has 2 atom stereocenters. The van der Waals surface area contributed by atoms with E-state index < -0.39 is 16.8 Å². The molecule has 0 aliphatic carbocycles. The minimum atomic E-state index is -0.964. The van der Waals surface area contributed by atoms with Crippen LogP contribution < -0.4 is 10.0 Å². The van der Waals surface area contributed by atoms with Crippen LogP contribution >= 0.6 is 0 Å². The Morgan fingerprint density at radius 1 is 1.40 bits per heavy atom. The lowest BCUT2D eigenvalue weighted by Crippen LogP contribution is -2.33. The Kier molecular flexibility index (Phi) is 7.85. The number of nitriles is 1. The zero-order chi connectivity index (χ0) is 21.3. The summed E-state index contributed by atoms with van der Waals surface area (Å²) in [6, 6.07) is 14.7. The van der Waals surface area contributed by atoms with E-state index in [1.165, 1.54) is 6.07 Å². The molecule has 1 aliphatic rings. The third-order valence-electron chi connectivity index (χ3n) is 4.56. The quantitative estimate of drug-likeness (QED) is 0.612. The molecule has 2 unspecified atom stereocenters. The van der Waals surface area contributed by atoms with Gasteiger partial charge in [-0.2, -0.15) is 9.65 Å². The number of rotatable bonds is 6. The van der Waals surface area contributed by atoms with Crippen LogP contribution in [0, 0.1) is 22.1 Å². The van der Waals surface area contributed by atoms with Gasteiger partial charge < -0.3 is 10.1 Å². The average Bonchev–Trinajstić information content (AvgIpc) is 2.88. The van der Waals surface area contributed by atoms with Crippen LogP contribution in [0.3, 0.4) is 0 Å². The predicted molar refractivity (Wildman–Crippen MR) is 116 cm³/mol. The fraction of sp³-hybridized carbons (Fsp3) is 0.273. The van der Waals surface area contributed by atoms with Crippen LogP contribution in [0.1, 0.15) is 29.7 Å². The fourth-order valence-electron chi connectivity index (χ4n) is 3.17. The zero-order valence-corrected chi connectivity index (χ0v) is 17.5. The molecular formula is C22H24FN5OS. The maximum Gasteiger partial charge on any atom is 0.214 e. The third-order valence-corrected chi connectivity index (χ3v) is 5.95. The molecular weight excluding hydrogens is 401 g/mol. The van der Waals surface area contributed by atoms with Crippen molar-refractivity contribution < 1.29 is 9.13 Å². The maximum absolute atomic E-state index is 13.7. The van der Waals surface area contributed by atoms with Crippen molar-refractivity contribution in [2.75, 3.05) is 13.7 Å². The van der Waals surface area contributed by atoms with Gasteiger partial charge in [-0.15, -0.1) is 0 Å². The second-order valence-electron chi connectivity index (χ2n) is 6.85. The molecule has 1 saturated heterocycles. The van der Waals surface area contributed by atoms with Gasteiger partial charge in [-0.3, -0.25) is 4.78 Å². The maximum atomic E-state index is 13.7. The Morgan fingerprint density at radius 2 is 2.20 bits per heavy atom. The molecule has 1 aromatic heterocycles. The SMILES string of the molecule is CNC=C1/C(=C/c2cc(F)nc(C#N)c2)CCC(COCc2ccccc2)NS1=N. The van der Waals surface area contributed by atoms with Crippen LogP contribution in [0.15, 0.2) is 59.1 Å². The molecule has 0 spiro atoms. The summed E-state index contributed by atoms with van der Waals surface area (Å²) in [5, 5.41) is 12.0. The topological polar surface area (TPSA) is 93.8 Å². The highest BCUT2D eigenvalue weighted by Gasteiger charge is 2.21. The molecule has 0 saturated carbocycles. The zero-order valence-electron chi connectivity index (χ0n) is 16.7. The fourth-order valence-corrected chi connectivity index (χ4v) is 4.47. The number of pyridine rings is 1. The van der Waals surface area contributed by atoms with Crippen LogP contribution in [-0.2, 0) is 22.2 Å². The van der Waals surface area contributed by atoms with Crippen LogP contribution in [0.2, 0.25) is 0 Å². The number of halogens is 1. The molecule has 0 amide bonds. The molecule has 30 heavy (non-hydrogen) atoms. The number of aromatic nitrogens is 1. The van der Waals surface area contributed by atoms with Gasteiger partial charge in [0.25, 0.3) is 0 Å². The highest BCUT2D eigenvalue weighted by molar-refractivity contribution is 7.88. The Bertz CT molecular complexity index is 1000. The molecule has 6 nitrogen and oxygen atoms in total. The summed E-state index contributed by atoms with van der Waals surface area (Å²) in [5.74, 6) is -0.691. The largest absolute Gasteiger partial charge is 0.393 e. The van der Waals surface area contributed by atoms with Crippen LogP contribution in [-0.4, -0.2) is 24.7 Å². The molecule has 8 heteroatoms. The van der Waals surface area contributed by atoms with Crippen molar-refractivity contribution in [3.63, 3.8) is 0 Å². The van der Waals surface area contributed by atoms with Crippen molar-refractivity contribution in [1.82, 2.24) is 15.0 Å². The summed E-state index contributed by atoms with van der Waals surface area (Å²) in [7, 11) is 0.821. The molecule has 1 aromatic carbocycles. The van der Waals surface area contributed by atoms with Gasteiger partial charge in [0.2, 0.25) is 5.95 Å². The van der Waals surface area contributed by atoms with Crippen LogP contribution in [0.4, 0.5) is 4.39 Å². The van der Waals surface area contributed by atoms with Gasteiger partial charge in [-0.25, -0.2) is 9.71 Å². The summed E-state index contributed by atoms with van der Waals surface area (Å²) < 4.78 is 31.5. The van der Waals surface area contributed by atoms with E-state index in [1.54, 1.807) is 19.3 Å². The van der Waals surface area contributed by atoms with Crippen molar-refractivity contribution in [1.29, 1.82) is 10.0 Å². The smallest absolute Gasteiger partial charge is 0.214 e. The lowest BCUT2D eigenvalue weighted by Gasteiger charge is -2.16. The number of ether oxygens (including phenoxy) is 1. The summed E-state index contributed by atoms with van der Waals surface area (Å²) in [4.78, 5) is 4.36. The molecule has 1 aliphatic heterocycles. The second kappa shape index (κ2) is 10.8. The normalized spacial score (nSPS) is 21.9. The summed E-state index contributed by atoms with van der Waals surface area (Å²) >= 11 is 0. The van der Waals surface area contributed by atoms with Crippen LogP contribution in [0.5, 0.6) is 0 Å². The average molecular weight is 426 g/mol. The van der Waals surface area contributed by atoms with Gasteiger partial charge in [-0.1, -0.05) is 36.4 Å². The first-order chi connectivity index (χ1) is 14.6. The van der Waals surface area contributed by atoms with Crippen molar-refractivity contribution in [3.8, 4) is 6.07 Å². The first kappa shape index (κ1) is 21.8. The standard InChI is InChI=1S/C22H24FN5OS/c1-26-13-21-18(9-17-10-20(12-24)27-22(23)11-17)7-8-19(28-30(21)25)15-29-14-16-5-3-2-4-6-16/h2-6,9-11,13,19,26H,7-8,14-15H2,1H3,(H2,25,28)/b18-9+,21-13?. The van der Waals surface area contributed by atoms with Crippen LogP contribution in [0.25, 0.3) is 6.08 Å². The summed E-state index contributed by atoms with van der Waals surface area (Å²) in [6.45, 7) is 1.03. The number of hydrogen-bond donors (Lipinski definition) is 3. The highest BCUT2D eigenvalue weighted by atomic mass is 32.2. The molecule has 156 valence electrons. The molecule has 3 rings (SSSR count). The molecule has 1 fully saturated rings. The Labute approximate surface area is 178 Å². The molecule has 3 N–H and O–H groups in total. The van der Waals surface area contributed by atoms with Gasteiger partial charge in [0.15, 0.2) is 0 Å². The Morgan fingerprint density at radius 3 is 2.93 bits per heavy atom. The van der Waals surface area contributed by atoms with E-state index in [2.05, 4.69) is 15.0 Å². The first-order valence-corrected chi connectivity index (χ1v) is 10.8. The third kappa shape index (κ3) is 6.07. The number of allylic oxidation sites excluding steroid dienone is 1. The minimum absolute atomic E-state index is 0.0320. The molecule has 2 aromatic rings. The van der Waals surface area contributed by atoms with Gasteiger partial charge in [0.1, 0.15) is 11.8 Å². The number of nitrogens with zero attached hydrogens (tertiary/aromatic N) is 2. The van der Waals surface area contributed by atoms with Gasteiger partial charge >= 0.3 is 0 Å². The van der Waals surface area contributed by atoms with Crippen molar-refractivity contribution in [3.05, 3.63) is 81.9 Å². The minimum Gasteiger partial charge on any atom is -0.393 e. The van der Waals surface area contributed by atoms with E-state index in [0.717, 1.165) is 22.5 Å². The first-order valence-electron chi connectivity index (χ1n) is 9.58. The number of hydrogen-bond acceptors (Lipinski definition) is 5. The van der Waals surface area contributed by atoms with Crippen molar-refractivity contribution in [2.45, 2.75) is 25.5 Å². The summed E-state index contributed by atoms with van der Waals surface area (Å²) in [5.41, 5.74) is 2.63.